The first kappa shape index (κ1) is 54.3. The van der Waals surface area contributed by atoms with E-state index in [1.165, 1.54) is 114 Å². The lowest BCUT2D eigenvalue weighted by Crippen LogP contribution is -2.60. The Labute approximate surface area is 517 Å². The van der Waals surface area contributed by atoms with E-state index in [9.17, 15) is 0 Å². The van der Waals surface area contributed by atoms with Crippen molar-refractivity contribution in [3.8, 4) is 33.4 Å². The fraction of sp³-hybridized carbons (Fsp3) is 0.146. The fourth-order valence-corrected chi connectivity index (χ4v) is 15.1. The number of anilines is 9. The predicted molar refractivity (Wildman–Crippen MR) is 378 cm³/mol. The molecule has 1 aromatic heterocycles. The zero-order valence-electron chi connectivity index (χ0n) is 51.2. The standard InChI is InChI=1S/C82H70BN3S/c1-80(2,3)57-37-42-60(43-38-57)84(70-48-41-59(82(7,8)9)51-67(70)54-26-15-11-16-27-54)62-46-47-69-73(52-62)86(77-66-33-22-20-31-64(66)63-30-19-21-32-65(63)75(77)55-28-17-12-18-29-55)72-35-23-34-71-76(72)83(69)79-78(85(71)61-44-39-58(40-45-61)81(4,5)6)68-50-56(36-49-74(68)87-79)53-24-13-10-14-25-53/h10-52H,1-9H3. The molecule has 0 fully saturated rings. The molecule has 0 spiro atoms. The minimum absolute atomic E-state index is 0.00510. The molecule has 15 rings (SSSR count). The van der Waals surface area contributed by atoms with Crippen LogP contribution in [0.4, 0.5) is 51.2 Å². The van der Waals surface area contributed by atoms with Gasteiger partial charge in [0.2, 0.25) is 0 Å². The van der Waals surface area contributed by atoms with Gasteiger partial charge in [-0.2, -0.15) is 0 Å². The molecule has 0 atom stereocenters. The Kier molecular flexibility index (Phi) is 12.9. The Morgan fingerprint density at radius 3 is 1.52 bits per heavy atom. The van der Waals surface area contributed by atoms with Crippen LogP contribution < -0.4 is 30.4 Å². The average molecular weight is 1140 g/mol. The van der Waals surface area contributed by atoms with Gasteiger partial charge in [0.15, 0.2) is 0 Å². The molecule has 0 saturated carbocycles. The van der Waals surface area contributed by atoms with E-state index in [0.29, 0.717) is 0 Å². The minimum Gasteiger partial charge on any atom is -0.310 e. The first-order chi connectivity index (χ1) is 42.1. The SMILES string of the molecule is CC(C)(C)c1ccc(N(c2ccc3c(c2)N(c2c(-c4ccccc4)c4ccccc4c4ccccc24)c2cccc4c2B3c2sc3ccc(-c5ccccc5)cc3c2N4c2ccc(C(C)(C)C)cc2)c2ccc(C(C)(C)C)cc2-c2ccccc2)cc1. The summed E-state index contributed by atoms with van der Waals surface area (Å²) in [6.45, 7) is 20.7. The molecular weight excluding hydrogens is 1070 g/mol. The molecule has 0 amide bonds. The van der Waals surface area contributed by atoms with Crippen LogP contribution in [0.5, 0.6) is 0 Å². The lowest BCUT2D eigenvalue weighted by Gasteiger charge is -2.44. The highest BCUT2D eigenvalue weighted by molar-refractivity contribution is 7.33. The number of benzene rings is 12. The van der Waals surface area contributed by atoms with Crippen LogP contribution in [-0.4, -0.2) is 6.71 Å². The van der Waals surface area contributed by atoms with Crippen molar-refractivity contribution in [3.05, 3.63) is 278 Å². The lowest BCUT2D eigenvalue weighted by molar-refractivity contribution is 0.590. The number of hydrogen-bond acceptors (Lipinski definition) is 4. The highest BCUT2D eigenvalue weighted by Gasteiger charge is 2.46. The second-order valence-electron chi connectivity index (χ2n) is 26.9. The van der Waals surface area contributed by atoms with Crippen molar-refractivity contribution in [2.24, 2.45) is 0 Å². The Morgan fingerprint density at radius 1 is 0.356 bits per heavy atom. The minimum atomic E-state index is -0.105. The van der Waals surface area contributed by atoms with E-state index in [1.54, 1.807) is 0 Å². The van der Waals surface area contributed by atoms with E-state index in [0.717, 1.165) is 34.1 Å². The maximum Gasteiger partial charge on any atom is 0.264 e. The smallest absolute Gasteiger partial charge is 0.264 e. The molecule has 13 aromatic rings. The van der Waals surface area contributed by atoms with E-state index in [-0.39, 0.29) is 23.0 Å². The van der Waals surface area contributed by atoms with Crippen LogP contribution in [0.3, 0.4) is 0 Å². The van der Waals surface area contributed by atoms with Crippen LogP contribution in [0, 0.1) is 0 Å². The van der Waals surface area contributed by atoms with E-state index < -0.39 is 0 Å². The van der Waals surface area contributed by atoms with Gasteiger partial charge >= 0.3 is 0 Å². The first-order valence-corrected chi connectivity index (χ1v) is 31.6. The molecule has 5 heteroatoms. The highest BCUT2D eigenvalue weighted by atomic mass is 32.1. The lowest BCUT2D eigenvalue weighted by atomic mass is 9.36. The zero-order valence-corrected chi connectivity index (χ0v) is 52.0. The molecule has 3 heterocycles. The predicted octanol–water partition coefficient (Wildman–Crippen LogP) is 21.7. The van der Waals surface area contributed by atoms with Crippen LogP contribution in [0.25, 0.3) is 65.0 Å². The van der Waals surface area contributed by atoms with Crippen molar-refractivity contribution in [1.82, 2.24) is 0 Å². The number of nitrogens with zero attached hydrogens (tertiary/aromatic N) is 3. The normalized spacial score (nSPS) is 13.0. The molecule has 0 N–H and O–H groups in total. The summed E-state index contributed by atoms with van der Waals surface area (Å²) in [6, 6.07) is 98.8. The zero-order chi connectivity index (χ0) is 59.5. The second-order valence-corrected chi connectivity index (χ2v) is 28.0. The maximum absolute atomic E-state index is 2.68. The van der Waals surface area contributed by atoms with E-state index in [2.05, 4.69) is 338 Å². The summed E-state index contributed by atoms with van der Waals surface area (Å²) < 4.78 is 2.61. The van der Waals surface area contributed by atoms with Gasteiger partial charge in [0.1, 0.15) is 0 Å². The summed E-state index contributed by atoms with van der Waals surface area (Å²) in [5, 5.41) is 6.14. The van der Waals surface area contributed by atoms with E-state index >= 15 is 0 Å². The number of fused-ring (bicyclic) bond motifs is 9. The molecule has 0 bridgehead atoms. The van der Waals surface area contributed by atoms with Crippen molar-refractivity contribution < 1.29 is 0 Å². The molecule has 3 nitrogen and oxygen atoms in total. The van der Waals surface area contributed by atoms with E-state index in [1.807, 2.05) is 11.3 Å². The first-order valence-electron chi connectivity index (χ1n) is 30.8. The molecule has 2 aliphatic heterocycles. The van der Waals surface area contributed by atoms with Crippen molar-refractivity contribution >= 4 is 117 Å². The van der Waals surface area contributed by atoms with Gasteiger partial charge in [0.05, 0.1) is 17.1 Å². The van der Waals surface area contributed by atoms with Crippen LogP contribution in [0.1, 0.15) is 79.0 Å². The van der Waals surface area contributed by atoms with Gasteiger partial charge in [0.25, 0.3) is 6.71 Å². The molecule has 0 radical (unpaired) electrons. The summed E-state index contributed by atoms with van der Waals surface area (Å²) >= 11 is 1.95. The maximum atomic E-state index is 2.68. The van der Waals surface area contributed by atoms with Crippen LogP contribution in [-0.2, 0) is 16.2 Å². The van der Waals surface area contributed by atoms with Gasteiger partial charge in [0, 0.05) is 65.5 Å². The number of rotatable bonds is 8. The van der Waals surface area contributed by atoms with Crippen molar-refractivity contribution in [3.63, 3.8) is 0 Å². The molecule has 0 saturated heterocycles. The highest BCUT2D eigenvalue weighted by Crippen LogP contribution is 2.54. The molecule has 422 valence electrons. The molecule has 0 unspecified atom stereocenters. The summed E-state index contributed by atoms with van der Waals surface area (Å²) in [7, 11) is 0. The van der Waals surface area contributed by atoms with Gasteiger partial charge in [-0.1, -0.05) is 250 Å². The summed E-state index contributed by atoms with van der Waals surface area (Å²) in [4.78, 5) is 7.82. The summed E-state index contributed by atoms with van der Waals surface area (Å²) in [5.41, 5.74) is 23.9. The quantitative estimate of drug-likeness (QED) is 0.111. The topological polar surface area (TPSA) is 9.72 Å². The van der Waals surface area contributed by atoms with Crippen LogP contribution >= 0.6 is 11.3 Å². The second kappa shape index (κ2) is 20.6. The van der Waals surface area contributed by atoms with Gasteiger partial charge in [-0.15, -0.1) is 11.3 Å². The van der Waals surface area contributed by atoms with Crippen molar-refractivity contribution in [1.29, 1.82) is 0 Å². The van der Waals surface area contributed by atoms with Crippen molar-refractivity contribution in [2.75, 3.05) is 14.7 Å². The Hall–Kier alpha value is -9.42. The van der Waals surface area contributed by atoms with E-state index in [4.69, 9.17) is 0 Å². The number of thiophene rings is 1. The monoisotopic (exact) mass is 1140 g/mol. The largest absolute Gasteiger partial charge is 0.310 e. The Balaban J connectivity index is 1.07. The average Bonchev–Trinajstić information content (AvgIpc) is 1.73. The summed E-state index contributed by atoms with van der Waals surface area (Å²) in [6.07, 6.45) is 0. The van der Waals surface area contributed by atoms with Crippen LogP contribution in [0.2, 0.25) is 0 Å². The van der Waals surface area contributed by atoms with Gasteiger partial charge < -0.3 is 14.7 Å². The molecule has 87 heavy (non-hydrogen) atoms. The molecular formula is C82H70BN3S. The van der Waals surface area contributed by atoms with Crippen LogP contribution in [0.15, 0.2) is 261 Å². The molecule has 12 aromatic carbocycles. The van der Waals surface area contributed by atoms with Crippen molar-refractivity contribution in [2.45, 2.75) is 78.6 Å². The third-order valence-electron chi connectivity index (χ3n) is 18.3. The third kappa shape index (κ3) is 9.17. The third-order valence-corrected chi connectivity index (χ3v) is 19.5. The summed E-state index contributed by atoms with van der Waals surface area (Å²) in [5.74, 6) is 0. The number of hydrogen-bond donors (Lipinski definition) is 0. The molecule has 0 aliphatic carbocycles. The Bertz CT molecular complexity index is 4800. The van der Waals surface area contributed by atoms with Gasteiger partial charge in [-0.05, 0) is 155 Å². The molecule has 2 aliphatic rings. The van der Waals surface area contributed by atoms with Gasteiger partial charge in [-0.25, -0.2) is 0 Å². The fourth-order valence-electron chi connectivity index (χ4n) is 13.8. The van der Waals surface area contributed by atoms with Gasteiger partial charge in [-0.3, -0.25) is 0 Å². The Morgan fingerprint density at radius 2 is 0.885 bits per heavy atom.